The van der Waals surface area contributed by atoms with E-state index in [2.05, 4.69) is 37.4 Å². The molecule has 2 heterocycles. The molecule has 3 heteroatoms. The van der Waals surface area contributed by atoms with Gasteiger partial charge in [0.2, 0.25) is 0 Å². The first-order valence-corrected chi connectivity index (χ1v) is 8.46. The summed E-state index contributed by atoms with van der Waals surface area (Å²) < 4.78 is 5.43. The van der Waals surface area contributed by atoms with Gasteiger partial charge in [-0.25, -0.2) is 0 Å². The monoisotopic (exact) mass is 291 g/mol. The highest BCUT2D eigenvalue weighted by molar-refractivity contribution is 7.11. The zero-order valence-corrected chi connectivity index (χ0v) is 13.3. The Morgan fingerprint density at radius 1 is 1.20 bits per heavy atom. The van der Waals surface area contributed by atoms with Gasteiger partial charge in [0, 0.05) is 22.2 Å². The Morgan fingerprint density at radius 2 is 2.05 bits per heavy atom. The molecule has 0 fully saturated rings. The van der Waals surface area contributed by atoms with Gasteiger partial charge in [-0.15, -0.1) is 11.3 Å². The van der Waals surface area contributed by atoms with Gasteiger partial charge in [-0.3, -0.25) is 0 Å². The number of aryl methyl sites for hydroxylation is 2. The summed E-state index contributed by atoms with van der Waals surface area (Å²) in [6.07, 6.45) is 7.36. The predicted octanol–water partition coefficient (Wildman–Crippen LogP) is 4.45. The number of hydrogen-bond acceptors (Lipinski definition) is 3. The quantitative estimate of drug-likeness (QED) is 0.738. The molecular weight excluding hydrogens is 266 g/mol. The summed E-state index contributed by atoms with van der Waals surface area (Å²) in [5.41, 5.74) is 0. The molecule has 2 rings (SSSR count). The second kappa shape index (κ2) is 8.28. The average Bonchev–Trinajstić information content (AvgIpc) is 3.13. The van der Waals surface area contributed by atoms with Crippen molar-refractivity contribution in [2.24, 2.45) is 0 Å². The average molecular weight is 291 g/mol. The van der Waals surface area contributed by atoms with Gasteiger partial charge >= 0.3 is 0 Å². The van der Waals surface area contributed by atoms with Crippen LogP contribution in [0.2, 0.25) is 0 Å². The fraction of sp³-hybridized carbons (Fsp3) is 0.529. The number of thiophene rings is 1. The van der Waals surface area contributed by atoms with Crippen LogP contribution in [0.4, 0.5) is 0 Å². The smallest absolute Gasteiger partial charge is 0.103 e. The predicted molar refractivity (Wildman–Crippen MR) is 86.5 cm³/mol. The summed E-state index contributed by atoms with van der Waals surface area (Å²) in [5, 5.41) is 3.67. The number of furan rings is 1. The van der Waals surface area contributed by atoms with Gasteiger partial charge in [0.05, 0.1) is 6.26 Å². The molecule has 2 aromatic heterocycles. The minimum absolute atomic E-state index is 0.545. The molecule has 0 radical (unpaired) electrons. The van der Waals surface area contributed by atoms with Gasteiger partial charge in [-0.2, -0.15) is 0 Å². The lowest BCUT2D eigenvalue weighted by atomic mass is 10.1. The molecule has 0 aliphatic rings. The highest BCUT2D eigenvalue weighted by atomic mass is 32.1. The van der Waals surface area contributed by atoms with Crippen molar-refractivity contribution >= 4 is 11.3 Å². The molecule has 0 aliphatic heterocycles. The fourth-order valence-corrected chi connectivity index (χ4v) is 3.40. The third-order valence-corrected chi connectivity index (χ3v) is 4.77. The Hall–Kier alpha value is -1.06. The van der Waals surface area contributed by atoms with Crippen molar-refractivity contribution in [1.29, 1.82) is 0 Å². The van der Waals surface area contributed by atoms with Crippen LogP contribution in [-0.4, -0.2) is 12.6 Å². The van der Waals surface area contributed by atoms with Crippen molar-refractivity contribution in [1.82, 2.24) is 5.32 Å². The van der Waals surface area contributed by atoms with E-state index >= 15 is 0 Å². The molecule has 1 atom stereocenters. The van der Waals surface area contributed by atoms with Gasteiger partial charge < -0.3 is 9.73 Å². The van der Waals surface area contributed by atoms with E-state index in [0.717, 1.165) is 38.0 Å². The first kappa shape index (κ1) is 15.3. The fourth-order valence-electron chi connectivity index (χ4n) is 2.36. The maximum absolute atomic E-state index is 5.43. The van der Waals surface area contributed by atoms with Crippen LogP contribution in [0.3, 0.4) is 0 Å². The zero-order valence-electron chi connectivity index (χ0n) is 12.5. The Morgan fingerprint density at radius 3 is 2.70 bits per heavy atom. The second-order valence-electron chi connectivity index (χ2n) is 5.19. The molecule has 0 amide bonds. The van der Waals surface area contributed by atoms with E-state index < -0.39 is 0 Å². The summed E-state index contributed by atoms with van der Waals surface area (Å²) >= 11 is 1.95. The summed E-state index contributed by atoms with van der Waals surface area (Å²) in [4.78, 5) is 2.98. The molecule has 0 saturated heterocycles. The molecule has 2 nitrogen and oxygen atoms in total. The molecule has 0 aliphatic carbocycles. The molecular formula is C17H25NOS. The Labute approximate surface area is 126 Å². The highest BCUT2D eigenvalue weighted by Crippen LogP contribution is 2.20. The number of rotatable bonds is 9. The lowest BCUT2D eigenvalue weighted by molar-refractivity contribution is 0.442. The van der Waals surface area contributed by atoms with Crippen LogP contribution in [0.5, 0.6) is 0 Å². The van der Waals surface area contributed by atoms with Crippen LogP contribution in [0.25, 0.3) is 0 Å². The van der Waals surface area contributed by atoms with Crippen LogP contribution in [0.1, 0.15) is 42.2 Å². The summed E-state index contributed by atoms with van der Waals surface area (Å²) in [6, 6.07) is 9.14. The lowest BCUT2D eigenvalue weighted by Gasteiger charge is -2.17. The molecule has 20 heavy (non-hydrogen) atoms. The van der Waals surface area contributed by atoms with E-state index in [0.29, 0.717) is 6.04 Å². The van der Waals surface area contributed by atoms with E-state index in [9.17, 15) is 0 Å². The Kier molecular flexibility index (Phi) is 6.34. The molecule has 1 unspecified atom stereocenters. The van der Waals surface area contributed by atoms with E-state index in [1.165, 1.54) is 16.2 Å². The van der Waals surface area contributed by atoms with Crippen LogP contribution in [0.15, 0.2) is 34.9 Å². The zero-order chi connectivity index (χ0) is 14.2. The SMILES string of the molecule is CCCNC(CCc1ccco1)Cc1ccc(CC)s1. The molecule has 0 spiro atoms. The third-order valence-electron chi connectivity index (χ3n) is 3.52. The van der Waals surface area contributed by atoms with E-state index in [1.54, 1.807) is 6.26 Å². The van der Waals surface area contributed by atoms with Crippen molar-refractivity contribution in [3.63, 3.8) is 0 Å². The Balaban J connectivity index is 1.88. The molecule has 110 valence electrons. The standard InChI is InChI=1S/C17H25NOS/c1-3-11-18-14(7-8-15-6-5-12-19-15)13-17-10-9-16(4-2)20-17/h5-6,9-10,12,14,18H,3-4,7-8,11,13H2,1-2H3. The summed E-state index contributed by atoms with van der Waals surface area (Å²) in [6.45, 7) is 5.53. The minimum atomic E-state index is 0.545. The normalized spacial score (nSPS) is 12.7. The van der Waals surface area contributed by atoms with Crippen LogP contribution < -0.4 is 5.32 Å². The molecule has 0 aromatic carbocycles. The summed E-state index contributed by atoms with van der Waals surface area (Å²) in [5.74, 6) is 1.09. The summed E-state index contributed by atoms with van der Waals surface area (Å²) in [7, 11) is 0. The molecule has 0 saturated carbocycles. The van der Waals surface area contributed by atoms with Gasteiger partial charge in [0.15, 0.2) is 0 Å². The number of nitrogens with one attached hydrogen (secondary N) is 1. The third kappa shape index (κ3) is 4.80. The second-order valence-corrected chi connectivity index (χ2v) is 6.45. The topological polar surface area (TPSA) is 25.2 Å². The molecule has 0 bridgehead atoms. The van der Waals surface area contributed by atoms with Gasteiger partial charge in [-0.05, 0) is 56.5 Å². The first-order valence-electron chi connectivity index (χ1n) is 7.65. The van der Waals surface area contributed by atoms with Crippen molar-refractivity contribution in [2.45, 2.75) is 52.0 Å². The van der Waals surface area contributed by atoms with Crippen molar-refractivity contribution in [3.05, 3.63) is 46.0 Å². The van der Waals surface area contributed by atoms with E-state index in [4.69, 9.17) is 4.42 Å². The van der Waals surface area contributed by atoms with Gasteiger partial charge in [0.1, 0.15) is 5.76 Å². The highest BCUT2D eigenvalue weighted by Gasteiger charge is 2.11. The van der Waals surface area contributed by atoms with Crippen LogP contribution >= 0.6 is 11.3 Å². The van der Waals surface area contributed by atoms with Crippen LogP contribution in [-0.2, 0) is 19.3 Å². The minimum Gasteiger partial charge on any atom is -0.469 e. The van der Waals surface area contributed by atoms with Crippen molar-refractivity contribution in [3.8, 4) is 0 Å². The Bertz CT molecular complexity index is 475. The van der Waals surface area contributed by atoms with Gasteiger partial charge in [-0.1, -0.05) is 13.8 Å². The largest absolute Gasteiger partial charge is 0.469 e. The van der Waals surface area contributed by atoms with E-state index in [1.807, 2.05) is 17.4 Å². The van der Waals surface area contributed by atoms with Crippen LogP contribution in [0, 0.1) is 0 Å². The van der Waals surface area contributed by atoms with Crippen molar-refractivity contribution in [2.75, 3.05) is 6.54 Å². The first-order chi connectivity index (χ1) is 9.81. The molecule has 2 aromatic rings. The van der Waals surface area contributed by atoms with Crippen molar-refractivity contribution < 1.29 is 4.42 Å². The lowest BCUT2D eigenvalue weighted by Crippen LogP contribution is -2.32. The number of hydrogen-bond donors (Lipinski definition) is 1. The van der Waals surface area contributed by atoms with E-state index in [-0.39, 0.29) is 0 Å². The maximum atomic E-state index is 5.43. The molecule has 1 N–H and O–H groups in total. The van der Waals surface area contributed by atoms with Gasteiger partial charge in [0.25, 0.3) is 0 Å². The maximum Gasteiger partial charge on any atom is 0.103 e.